The predicted octanol–water partition coefficient (Wildman–Crippen LogP) is 6.87. The van der Waals surface area contributed by atoms with Gasteiger partial charge in [0.25, 0.3) is 5.91 Å². The minimum absolute atomic E-state index is 0.0439. The Morgan fingerprint density at radius 2 is 1.55 bits per heavy atom. The number of piperidine rings is 1. The number of likely N-dealkylation sites (tertiary alicyclic amines) is 1. The third kappa shape index (κ3) is 5.23. The van der Waals surface area contributed by atoms with Gasteiger partial charge in [-0.25, -0.2) is 4.79 Å². The fourth-order valence-corrected chi connectivity index (χ4v) is 9.41. The fraction of sp³-hybridized carbons (Fsp3) is 0.611. The molecule has 2 aromatic rings. The van der Waals surface area contributed by atoms with Gasteiger partial charge in [0.1, 0.15) is 5.75 Å². The van der Waals surface area contributed by atoms with E-state index in [1.807, 2.05) is 43.3 Å². The Bertz CT molecular complexity index is 1360. The molecule has 5 saturated carbocycles. The van der Waals surface area contributed by atoms with Gasteiger partial charge in [-0.2, -0.15) is 9.78 Å². The van der Waals surface area contributed by atoms with E-state index in [-0.39, 0.29) is 18.0 Å². The van der Waals surface area contributed by atoms with E-state index in [1.54, 1.807) is 4.90 Å². The first-order valence-corrected chi connectivity index (χ1v) is 16.9. The molecular weight excluding hydrogens is 556 g/mol. The van der Waals surface area contributed by atoms with Crippen molar-refractivity contribution in [1.82, 2.24) is 10.2 Å². The number of carbonyl (C=O) groups excluding carboxylic acids is 2. The lowest BCUT2D eigenvalue weighted by molar-refractivity contribution is -0.390. The Hall–Kier alpha value is -2.94. The van der Waals surface area contributed by atoms with E-state index >= 15 is 0 Å². The summed E-state index contributed by atoms with van der Waals surface area (Å²) >= 11 is 0. The Balaban J connectivity index is 0.839. The van der Waals surface area contributed by atoms with Gasteiger partial charge in [-0.3, -0.25) is 4.79 Å². The maximum atomic E-state index is 12.9. The van der Waals surface area contributed by atoms with E-state index in [0.717, 1.165) is 43.1 Å². The molecule has 0 aromatic heterocycles. The fourth-order valence-electron chi connectivity index (χ4n) is 9.41. The molecule has 1 N–H and O–H groups in total. The minimum atomic E-state index is -0.658. The molecule has 0 unspecified atom stereocenters. The number of rotatable bonds is 4. The summed E-state index contributed by atoms with van der Waals surface area (Å²) in [5.74, 6) is 2.22. The van der Waals surface area contributed by atoms with Gasteiger partial charge in [0.2, 0.25) is 11.6 Å². The normalized spacial score (nSPS) is 36.2. The van der Waals surface area contributed by atoms with Crippen molar-refractivity contribution in [3.63, 3.8) is 0 Å². The van der Waals surface area contributed by atoms with Crippen molar-refractivity contribution < 1.29 is 28.8 Å². The van der Waals surface area contributed by atoms with Gasteiger partial charge < -0.3 is 19.7 Å². The number of hydrogen-bond acceptors (Lipinski definition) is 6. The third-order valence-electron chi connectivity index (χ3n) is 11.6. The summed E-state index contributed by atoms with van der Waals surface area (Å²) in [7, 11) is 0. The summed E-state index contributed by atoms with van der Waals surface area (Å²) in [5.41, 5.74) is 3.00. The van der Waals surface area contributed by atoms with Crippen LogP contribution in [0.1, 0.15) is 98.0 Å². The second-order valence-corrected chi connectivity index (χ2v) is 14.5. The van der Waals surface area contributed by atoms with Crippen LogP contribution in [0.15, 0.2) is 48.5 Å². The lowest BCUT2D eigenvalue weighted by atomic mass is 9.53. The Kier molecular flexibility index (Phi) is 7.22. The molecule has 5 aliphatic carbocycles. The summed E-state index contributed by atoms with van der Waals surface area (Å²) < 4.78 is 12.7. The van der Waals surface area contributed by atoms with Gasteiger partial charge in [0.15, 0.2) is 0 Å². The van der Waals surface area contributed by atoms with E-state index in [2.05, 4.69) is 17.4 Å². The number of benzene rings is 2. The Morgan fingerprint density at radius 1 is 0.864 bits per heavy atom. The largest absolute Gasteiger partial charge is 0.415 e. The molecule has 44 heavy (non-hydrogen) atoms. The van der Waals surface area contributed by atoms with Crippen LogP contribution in [0.2, 0.25) is 0 Å². The van der Waals surface area contributed by atoms with Gasteiger partial charge in [-0.15, -0.1) is 0 Å². The minimum Gasteiger partial charge on any atom is -0.410 e. The number of hydrogen-bond donors (Lipinski definition) is 1. The monoisotopic (exact) mass is 600 g/mol. The van der Waals surface area contributed by atoms with E-state index in [4.69, 9.17) is 19.2 Å². The van der Waals surface area contributed by atoms with E-state index in [9.17, 15) is 9.59 Å². The molecule has 8 nitrogen and oxygen atoms in total. The first-order valence-electron chi connectivity index (χ1n) is 16.9. The number of carbonyl (C=O) groups is 2. The molecule has 7 aliphatic rings. The maximum absolute atomic E-state index is 12.9. The number of nitrogens with zero attached hydrogens (tertiary/aromatic N) is 1. The zero-order valence-electron chi connectivity index (χ0n) is 25.7. The maximum Gasteiger partial charge on any atom is 0.415 e. The zero-order chi connectivity index (χ0) is 29.9. The lowest BCUT2D eigenvalue weighted by Gasteiger charge is -2.57. The van der Waals surface area contributed by atoms with Crippen molar-refractivity contribution in [1.29, 1.82) is 0 Å². The summed E-state index contributed by atoms with van der Waals surface area (Å²) in [5, 5.41) is 3.11. The predicted molar refractivity (Wildman–Crippen MR) is 163 cm³/mol. The Morgan fingerprint density at radius 3 is 2.23 bits per heavy atom. The molecule has 2 aliphatic heterocycles. The second-order valence-electron chi connectivity index (χ2n) is 14.5. The highest BCUT2D eigenvalue weighted by atomic mass is 17.3. The van der Waals surface area contributed by atoms with Crippen molar-refractivity contribution in [3.8, 4) is 5.75 Å². The molecule has 0 radical (unpaired) electrons. The molecule has 2 atom stereocenters. The topological polar surface area (TPSA) is 86.3 Å². The number of amides is 2. The molecule has 2 heterocycles. The van der Waals surface area contributed by atoms with Crippen LogP contribution in [-0.4, -0.2) is 47.6 Å². The number of ether oxygens (including phenoxy) is 2. The molecule has 2 spiro atoms. The summed E-state index contributed by atoms with van der Waals surface area (Å²) in [6.07, 6.45) is 11.1. The SMILES string of the molecule is Cc1ccc(C(=O)NC2CCN(C(=O)Oc3ccc([C@@H]4CCC[C@]5(C4)OOC4(O5)C5CC6CC(C5)CC4C6)cc3)CC2)cc1. The lowest BCUT2D eigenvalue weighted by Crippen LogP contribution is -2.59. The highest BCUT2D eigenvalue weighted by Crippen LogP contribution is 2.64. The van der Waals surface area contributed by atoms with Gasteiger partial charge in [0.05, 0.1) is 0 Å². The number of nitrogens with one attached hydrogen (secondary N) is 1. The molecule has 4 bridgehead atoms. The van der Waals surface area contributed by atoms with Crippen molar-refractivity contribution in [3.05, 3.63) is 65.2 Å². The van der Waals surface area contributed by atoms with Gasteiger partial charge in [0, 0.05) is 49.4 Å². The summed E-state index contributed by atoms with van der Waals surface area (Å²) in [4.78, 5) is 39.7. The molecule has 8 heteroatoms. The molecule has 2 amide bonds. The molecule has 2 saturated heterocycles. The molecule has 2 aromatic carbocycles. The van der Waals surface area contributed by atoms with E-state index in [1.165, 1.54) is 37.7 Å². The van der Waals surface area contributed by atoms with E-state index in [0.29, 0.717) is 55.0 Å². The van der Waals surface area contributed by atoms with Crippen molar-refractivity contribution in [2.75, 3.05) is 13.1 Å². The van der Waals surface area contributed by atoms with Crippen molar-refractivity contribution >= 4 is 12.0 Å². The van der Waals surface area contributed by atoms with Crippen LogP contribution >= 0.6 is 0 Å². The van der Waals surface area contributed by atoms with Crippen molar-refractivity contribution in [2.24, 2.45) is 23.7 Å². The van der Waals surface area contributed by atoms with Crippen LogP contribution < -0.4 is 10.1 Å². The molecular formula is C36H44N2O6. The van der Waals surface area contributed by atoms with Gasteiger partial charge in [-0.1, -0.05) is 29.8 Å². The second kappa shape index (κ2) is 11.1. The molecule has 7 fully saturated rings. The summed E-state index contributed by atoms with van der Waals surface area (Å²) in [6.45, 7) is 3.10. The first-order chi connectivity index (χ1) is 21.4. The first kappa shape index (κ1) is 28.5. The average molecular weight is 601 g/mol. The third-order valence-corrected chi connectivity index (χ3v) is 11.6. The molecule has 9 rings (SSSR count). The standard InChI is InChI=1S/C36H44N2O6/c1-23-4-6-27(7-5-23)33(39)37-31-12-15-38(16-13-31)34(40)41-32-10-8-26(9-11-32)28-3-2-14-35(22-28)42-36(44-43-35)29-18-24-17-25(20-29)21-30(36)19-24/h4-11,24-25,28-31H,2-3,12-22H2,1H3,(H,37,39)/t24?,25?,28-,29?,30?,35-,36?/m1/s1. The van der Waals surface area contributed by atoms with Crippen LogP contribution in [0.4, 0.5) is 4.79 Å². The van der Waals surface area contributed by atoms with E-state index < -0.39 is 11.6 Å². The smallest absolute Gasteiger partial charge is 0.410 e. The van der Waals surface area contributed by atoms with Crippen LogP contribution in [0, 0.1) is 30.6 Å². The number of aryl methyl sites for hydroxylation is 1. The van der Waals surface area contributed by atoms with Crippen LogP contribution in [0.25, 0.3) is 0 Å². The quantitative estimate of drug-likeness (QED) is 0.386. The van der Waals surface area contributed by atoms with Crippen LogP contribution in [0.5, 0.6) is 5.75 Å². The highest BCUT2D eigenvalue weighted by Gasteiger charge is 2.67. The molecule has 234 valence electrons. The van der Waals surface area contributed by atoms with Crippen molar-refractivity contribution in [2.45, 2.75) is 101 Å². The van der Waals surface area contributed by atoms with Crippen LogP contribution in [-0.2, 0) is 14.5 Å². The zero-order valence-corrected chi connectivity index (χ0v) is 25.7. The average Bonchev–Trinajstić information content (AvgIpc) is 3.39. The summed E-state index contributed by atoms with van der Waals surface area (Å²) in [6, 6.07) is 15.6. The van der Waals surface area contributed by atoms with Gasteiger partial charge in [-0.05, 0) is 112 Å². The Labute approximate surface area is 259 Å². The highest BCUT2D eigenvalue weighted by molar-refractivity contribution is 5.94. The van der Waals surface area contributed by atoms with Crippen LogP contribution in [0.3, 0.4) is 0 Å². The van der Waals surface area contributed by atoms with Gasteiger partial charge >= 0.3 is 6.09 Å².